The van der Waals surface area contributed by atoms with E-state index >= 15 is 0 Å². The average molecular weight is 301 g/mol. The predicted octanol–water partition coefficient (Wildman–Crippen LogP) is 1.32. The zero-order valence-corrected chi connectivity index (χ0v) is 13.1. The maximum Gasteiger partial charge on any atom is 0.326 e. The molecule has 0 aliphatic heterocycles. The Morgan fingerprint density at radius 1 is 1.29 bits per heavy atom. The Morgan fingerprint density at radius 2 is 1.90 bits per heavy atom. The summed E-state index contributed by atoms with van der Waals surface area (Å²) in [4.78, 5) is 35.8. The number of aliphatic carboxylic acids is 1. The van der Waals surface area contributed by atoms with Crippen molar-refractivity contribution in [2.75, 3.05) is 6.54 Å². The molecule has 0 saturated heterocycles. The minimum absolute atomic E-state index is 0.00146. The lowest BCUT2D eigenvalue weighted by Gasteiger charge is -2.30. The van der Waals surface area contributed by atoms with Gasteiger partial charge >= 0.3 is 12.0 Å². The molecule has 122 valence electrons. The molecular weight excluding hydrogens is 274 g/mol. The van der Waals surface area contributed by atoms with E-state index in [1.807, 2.05) is 20.8 Å². The summed E-state index contributed by atoms with van der Waals surface area (Å²) in [6.45, 7) is 6.51. The smallest absolute Gasteiger partial charge is 0.326 e. The number of carboxylic acids is 1. The number of hydrogen-bond acceptors (Lipinski definition) is 3. The molecule has 0 aromatic carbocycles. The van der Waals surface area contributed by atoms with Crippen LogP contribution in [0.5, 0.6) is 0 Å². The molecule has 0 fully saturated rings. The van der Waals surface area contributed by atoms with Gasteiger partial charge in [0.15, 0.2) is 0 Å². The van der Waals surface area contributed by atoms with E-state index in [4.69, 9.17) is 10.8 Å². The van der Waals surface area contributed by atoms with Crippen LogP contribution in [0.2, 0.25) is 0 Å². The number of amides is 3. The molecule has 7 heteroatoms. The Bertz CT molecular complexity index is 360. The van der Waals surface area contributed by atoms with Gasteiger partial charge in [0.25, 0.3) is 0 Å². The van der Waals surface area contributed by atoms with Gasteiger partial charge in [-0.15, -0.1) is 0 Å². The van der Waals surface area contributed by atoms with Crippen LogP contribution in [0.4, 0.5) is 4.79 Å². The predicted molar refractivity (Wildman–Crippen MR) is 79.8 cm³/mol. The fraction of sp³-hybridized carbons (Fsp3) is 0.786. The number of nitrogens with one attached hydrogen (secondary N) is 1. The first kappa shape index (κ1) is 19.2. The maximum atomic E-state index is 12.2. The van der Waals surface area contributed by atoms with Crippen LogP contribution in [0.3, 0.4) is 0 Å². The molecule has 0 bridgehead atoms. The summed E-state index contributed by atoms with van der Waals surface area (Å²) in [5.74, 6) is -1.75. The first-order valence-corrected chi connectivity index (χ1v) is 7.41. The normalized spacial score (nSPS) is 13.3. The second kappa shape index (κ2) is 10.0. The van der Waals surface area contributed by atoms with Crippen LogP contribution in [-0.4, -0.2) is 46.5 Å². The van der Waals surface area contributed by atoms with E-state index < -0.39 is 23.9 Å². The zero-order valence-electron chi connectivity index (χ0n) is 13.1. The van der Waals surface area contributed by atoms with Crippen molar-refractivity contribution >= 4 is 17.9 Å². The number of unbranched alkanes of at least 4 members (excludes halogenated alkanes) is 1. The van der Waals surface area contributed by atoms with Crippen molar-refractivity contribution in [3.63, 3.8) is 0 Å². The highest BCUT2D eigenvalue weighted by Gasteiger charge is 2.25. The number of carbonyl (C=O) groups excluding carboxylic acids is 2. The highest BCUT2D eigenvalue weighted by molar-refractivity contribution is 5.83. The van der Waals surface area contributed by atoms with Gasteiger partial charge in [-0.2, -0.15) is 0 Å². The van der Waals surface area contributed by atoms with Crippen LogP contribution in [0.1, 0.15) is 52.9 Å². The standard InChI is InChI=1S/C14H27N3O4/c1-4-6-9-17(10(3)5-2)14(21)16-11(13(19)20)7-8-12(15)18/h10-11H,4-9H2,1-3H3,(H2,15,18)(H,16,21)(H,19,20)/t10?,11-/m0/s1. The van der Waals surface area contributed by atoms with Crippen LogP contribution in [0, 0.1) is 0 Å². The number of carbonyl (C=O) groups is 3. The van der Waals surface area contributed by atoms with Crippen LogP contribution in [0.25, 0.3) is 0 Å². The fourth-order valence-electron chi connectivity index (χ4n) is 1.85. The van der Waals surface area contributed by atoms with Gasteiger partial charge < -0.3 is 21.1 Å². The zero-order chi connectivity index (χ0) is 16.4. The first-order chi connectivity index (χ1) is 9.83. The SMILES string of the molecule is CCCCN(C(=O)N[C@@H](CCC(N)=O)C(=O)O)C(C)CC. The molecule has 0 aliphatic rings. The lowest BCUT2D eigenvalue weighted by Crippen LogP contribution is -2.51. The summed E-state index contributed by atoms with van der Waals surface area (Å²) in [6, 6.07) is -1.48. The van der Waals surface area contributed by atoms with E-state index in [0.717, 1.165) is 19.3 Å². The molecule has 7 nitrogen and oxygen atoms in total. The highest BCUT2D eigenvalue weighted by atomic mass is 16.4. The number of primary amides is 1. The van der Waals surface area contributed by atoms with Gasteiger partial charge in [-0.3, -0.25) is 4.79 Å². The van der Waals surface area contributed by atoms with Gasteiger partial charge in [-0.25, -0.2) is 9.59 Å². The average Bonchev–Trinajstić information content (AvgIpc) is 2.42. The Morgan fingerprint density at radius 3 is 2.33 bits per heavy atom. The van der Waals surface area contributed by atoms with Crippen molar-refractivity contribution in [1.29, 1.82) is 0 Å². The topological polar surface area (TPSA) is 113 Å². The van der Waals surface area contributed by atoms with Crippen LogP contribution in [-0.2, 0) is 9.59 Å². The van der Waals surface area contributed by atoms with Crippen molar-refractivity contribution in [2.24, 2.45) is 5.73 Å². The Kier molecular flexibility index (Phi) is 9.16. The van der Waals surface area contributed by atoms with Crippen molar-refractivity contribution in [3.05, 3.63) is 0 Å². The first-order valence-electron chi connectivity index (χ1n) is 7.41. The monoisotopic (exact) mass is 301 g/mol. The van der Waals surface area contributed by atoms with E-state index in [9.17, 15) is 14.4 Å². The lowest BCUT2D eigenvalue weighted by atomic mass is 10.1. The maximum absolute atomic E-state index is 12.2. The second-order valence-corrected chi connectivity index (χ2v) is 5.15. The molecule has 2 atom stereocenters. The molecule has 3 amide bonds. The van der Waals surface area contributed by atoms with Gasteiger partial charge in [0.2, 0.25) is 5.91 Å². The Labute approximate surface area is 125 Å². The third kappa shape index (κ3) is 7.53. The molecule has 4 N–H and O–H groups in total. The second-order valence-electron chi connectivity index (χ2n) is 5.15. The Balaban J connectivity index is 4.73. The Hall–Kier alpha value is -1.79. The van der Waals surface area contributed by atoms with Gasteiger partial charge in [0.1, 0.15) is 6.04 Å². The molecule has 0 saturated carbocycles. The van der Waals surface area contributed by atoms with Crippen molar-refractivity contribution < 1.29 is 19.5 Å². The van der Waals surface area contributed by atoms with Crippen molar-refractivity contribution in [3.8, 4) is 0 Å². The molecule has 0 aromatic rings. The summed E-state index contributed by atoms with van der Waals surface area (Å²) < 4.78 is 0. The molecule has 0 rings (SSSR count). The molecule has 0 aromatic heterocycles. The van der Waals surface area contributed by atoms with Gasteiger partial charge in [-0.1, -0.05) is 20.3 Å². The molecule has 0 radical (unpaired) electrons. The highest BCUT2D eigenvalue weighted by Crippen LogP contribution is 2.08. The number of nitrogens with zero attached hydrogens (tertiary/aromatic N) is 1. The number of carboxylic acid groups (broad SMARTS) is 1. The number of rotatable bonds is 10. The summed E-state index contributed by atoms with van der Waals surface area (Å²) in [5, 5.41) is 11.6. The summed E-state index contributed by atoms with van der Waals surface area (Å²) in [6.07, 6.45) is 2.52. The van der Waals surface area contributed by atoms with Gasteiger partial charge in [0.05, 0.1) is 0 Å². The molecule has 0 aliphatic carbocycles. The third-order valence-corrected chi connectivity index (χ3v) is 3.41. The van der Waals surface area contributed by atoms with E-state index in [0.29, 0.717) is 6.54 Å². The summed E-state index contributed by atoms with van der Waals surface area (Å²) in [7, 11) is 0. The third-order valence-electron chi connectivity index (χ3n) is 3.41. The quantitative estimate of drug-likeness (QED) is 0.564. The minimum atomic E-state index is -1.16. The number of hydrogen-bond donors (Lipinski definition) is 3. The van der Waals surface area contributed by atoms with E-state index in [2.05, 4.69) is 5.32 Å². The number of nitrogens with two attached hydrogens (primary N) is 1. The van der Waals surface area contributed by atoms with Crippen molar-refractivity contribution in [2.45, 2.75) is 65.0 Å². The van der Waals surface area contributed by atoms with E-state index in [1.54, 1.807) is 4.90 Å². The molecule has 0 spiro atoms. The number of urea groups is 1. The van der Waals surface area contributed by atoms with Crippen LogP contribution >= 0.6 is 0 Å². The van der Waals surface area contributed by atoms with Gasteiger partial charge in [-0.05, 0) is 26.2 Å². The largest absolute Gasteiger partial charge is 0.480 e. The van der Waals surface area contributed by atoms with E-state index in [1.165, 1.54) is 0 Å². The summed E-state index contributed by atoms with van der Waals surface area (Å²) in [5.41, 5.74) is 5.01. The van der Waals surface area contributed by atoms with Gasteiger partial charge in [0, 0.05) is 19.0 Å². The summed E-state index contributed by atoms with van der Waals surface area (Å²) >= 11 is 0. The van der Waals surface area contributed by atoms with Crippen LogP contribution < -0.4 is 11.1 Å². The van der Waals surface area contributed by atoms with E-state index in [-0.39, 0.29) is 18.9 Å². The van der Waals surface area contributed by atoms with Crippen LogP contribution in [0.15, 0.2) is 0 Å². The molecule has 1 unspecified atom stereocenters. The molecule has 21 heavy (non-hydrogen) atoms. The fourth-order valence-corrected chi connectivity index (χ4v) is 1.85. The lowest BCUT2D eigenvalue weighted by molar-refractivity contribution is -0.139. The molecular formula is C14H27N3O4. The van der Waals surface area contributed by atoms with Crippen molar-refractivity contribution in [1.82, 2.24) is 10.2 Å². The minimum Gasteiger partial charge on any atom is -0.480 e. The molecule has 0 heterocycles.